The predicted octanol–water partition coefficient (Wildman–Crippen LogP) is 8.62. The van der Waals surface area contributed by atoms with Gasteiger partial charge in [0.1, 0.15) is 5.83 Å². The Bertz CT molecular complexity index is 485. The first kappa shape index (κ1) is 22.2. The summed E-state index contributed by atoms with van der Waals surface area (Å²) >= 11 is 0. The highest BCUT2D eigenvalue weighted by atomic mass is 19.4. The molecule has 28 heavy (non-hydrogen) atoms. The molecule has 0 nitrogen and oxygen atoms in total. The first-order chi connectivity index (χ1) is 13.4. The summed E-state index contributed by atoms with van der Waals surface area (Å²) in [6.07, 6.45) is 12.0. The summed E-state index contributed by atoms with van der Waals surface area (Å²) in [6, 6.07) is 0. The van der Waals surface area contributed by atoms with Crippen LogP contribution in [0.25, 0.3) is 0 Å². The van der Waals surface area contributed by atoms with Gasteiger partial charge in [-0.15, -0.1) is 0 Å². The zero-order valence-electron chi connectivity index (χ0n) is 17.5. The van der Waals surface area contributed by atoms with Gasteiger partial charge in [0, 0.05) is 5.92 Å². The Hall–Kier alpha value is -0.540. The lowest BCUT2D eigenvalue weighted by molar-refractivity contribution is -0.0821. The maximum atomic E-state index is 13.8. The number of hydrogen-bond donors (Lipinski definition) is 0. The van der Waals surface area contributed by atoms with Gasteiger partial charge in [-0.05, 0) is 93.8 Å². The van der Waals surface area contributed by atoms with E-state index in [0.29, 0.717) is 18.8 Å². The molecule has 3 fully saturated rings. The summed E-state index contributed by atoms with van der Waals surface area (Å²) in [6.45, 7) is 2.29. The summed E-state index contributed by atoms with van der Waals surface area (Å²) in [7, 11) is 0. The third kappa shape index (κ3) is 6.23. The van der Waals surface area contributed by atoms with Crippen molar-refractivity contribution in [1.29, 1.82) is 0 Å². The van der Waals surface area contributed by atoms with E-state index in [0.717, 1.165) is 36.5 Å². The third-order valence-electron chi connectivity index (χ3n) is 8.20. The molecule has 0 spiro atoms. The largest absolute Gasteiger partial charge is 0.412 e. The molecule has 3 rings (SSSR count). The standard InChI is InChI=1S/C24H38F4/c1-2-3-17-4-6-18(7-5-17)19-8-10-20(11-9-19)21-12-14-22(15-13-21)23(25)16-24(26,27)28/h16-22H,2-15H2,1H3. The second-order valence-electron chi connectivity index (χ2n) is 9.93. The Morgan fingerprint density at radius 2 is 1.11 bits per heavy atom. The fraction of sp³-hybridized carbons (Fsp3) is 0.917. The first-order valence-corrected chi connectivity index (χ1v) is 11.8. The Balaban J connectivity index is 1.39. The van der Waals surface area contributed by atoms with E-state index < -0.39 is 17.9 Å². The minimum Gasteiger partial charge on any atom is -0.212 e. The maximum absolute atomic E-state index is 13.8. The van der Waals surface area contributed by atoms with Crippen molar-refractivity contribution in [1.82, 2.24) is 0 Å². The smallest absolute Gasteiger partial charge is 0.212 e. The highest BCUT2D eigenvalue weighted by Gasteiger charge is 2.36. The fourth-order valence-electron chi connectivity index (χ4n) is 6.58. The SMILES string of the molecule is CCCC1CCC(C2CCC(C3CCC(C(F)=CC(F)(F)F)CC3)CC2)CC1. The van der Waals surface area contributed by atoms with Crippen LogP contribution < -0.4 is 0 Å². The van der Waals surface area contributed by atoms with Gasteiger partial charge in [0.15, 0.2) is 0 Å². The van der Waals surface area contributed by atoms with Crippen LogP contribution in [0.1, 0.15) is 96.8 Å². The van der Waals surface area contributed by atoms with Crippen LogP contribution in [0.2, 0.25) is 0 Å². The summed E-state index contributed by atoms with van der Waals surface area (Å²) in [4.78, 5) is 0. The van der Waals surface area contributed by atoms with E-state index in [-0.39, 0.29) is 6.08 Å². The lowest BCUT2D eigenvalue weighted by atomic mass is 9.65. The quantitative estimate of drug-likeness (QED) is 0.404. The van der Waals surface area contributed by atoms with Crippen molar-refractivity contribution < 1.29 is 17.6 Å². The highest BCUT2D eigenvalue weighted by molar-refractivity contribution is 5.03. The molecule has 162 valence electrons. The van der Waals surface area contributed by atoms with Crippen molar-refractivity contribution in [2.45, 2.75) is 103 Å². The van der Waals surface area contributed by atoms with Crippen LogP contribution in [0.4, 0.5) is 17.6 Å². The normalized spacial score (nSPS) is 38.4. The van der Waals surface area contributed by atoms with Gasteiger partial charge in [-0.2, -0.15) is 13.2 Å². The molecule has 0 heterocycles. The lowest BCUT2D eigenvalue weighted by Crippen LogP contribution is -2.30. The molecule has 0 amide bonds. The van der Waals surface area contributed by atoms with Gasteiger partial charge in [-0.1, -0.05) is 32.6 Å². The molecular formula is C24H38F4. The van der Waals surface area contributed by atoms with E-state index in [2.05, 4.69) is 6.92 Å². The summed E-state index contributed by atoms with van der Waals surface area (Å²) in [5, 5.41) is 0. The minimum atomic E-state index is -4.53. The van der Waals surface area contributed by atoms with Crippen molar-refractivity contribution >= 4 is 0 Å². The molecule has 3 aliphatic rings. The highest BCUT2D eigenvalue weighted by Crippen LogP contribution is 2.47. The third-order valence-corrected chi connectivity index (χ3v) is 8.20. The van der Waals surface area contributed by atoms with E-state index in [1.165, 1.54) is 64.2 Å². The minimum absolute atomic E-state index is 0.127. The van der Waals surface area contributed by atoms with Crippen LogP contribution in [0.5, 0.6) is 0 Å². The second-order valence-corrected chi connectivity index (χ2v) is 9.93. The monoisotopic (exact) mass is 402 g/mol. The van der Waals surface area contributed by atoms with Crippen molar-refractivity contribution in [2.24, 2.45) is 35.5 Å². The number of allylic oxidation sites excluding steroid dienone is 2. The van der Waals surface area contributed by atoms with E-state index in [4.69, 9.17) is 0 Å². The Morgan fingerprint density at radius 3 is 1.50 bits per heavy atom. The summed E-state index contributed by atoms with van der Waals surface area (Å²) in [5.41, 5.74) is 0. The topological polar surface area (TPSA) is 0 Å². The van der Waals surface area contributed by atoms with E-state index in [1.807, 2.05) is 0 Å². The van der Waals surface area contributed by atoms with Crippen LogP contribution in [0, 0.1) is 35.5 Å². The molecule has 3 saturated carbocycles. The van der Waals surface area contributed by atoms with Crippen molar-refractivity contribution in [3.05, 3.63) is 11.9 Å². The van der Waals surface area contributed by atoms with E-state index in [1.54, 1.807) is 0 Å². The predicted molar refractivity (Wildman–Crippen MR) is 106 cm³/mol. The van der Waals surface area contributed by atoms with Gasteiger partial charge < -0.3 is 0 Å². The molecular weight excluding hydrogens is 364 g/mol. The van der Waals surface area contributed by atoms with Crippen LogP contribution in [0.3, 0.4) is 0 Å². The van der Waals surface area contributed by atoms with Crippen molar-refractivity contribution in [3.63, 3.8) is 0 Å². The maximum Gasteiger partial charge on any atom is 0.412 e. The van der Waals surface area contributed by atoms with E-state index in [9.17, 15) is 17.6 Å². The molecule has 0 radical (unpaired) electrons. The zero-order valence-corrected chi connectivity index (χ0v) is 17.5. The molecule has 4 heteroatoms. The molecule has 0 saturated heterocycles. The van der Waals surface area contributed by atoms with Gasteiger partial charge in [-0.3, -0.25) is 0 Å². The Kier molecular flexibility index (Phi) is 7.89. The Morgan fingerprint density at radius 1 is 0.714 bits per heavy atom. The van der Waals surface area contributed by atoms with E-state index >= 15 is 0 Å². The van der Waals surface area contributed by atoms with Crippen molar-refractivity contribution in [2.75, 3.05) is 0 Å². The average molecular weight is 403 g/mol. The molecule has 0 unspecified atom stereocenters. The number of hydrogen-bond acceptors (Lipinski definition) is 0. The second kappa shape index (κ2) is 9.98. The summed E-state index contributed by atoms with van der Waals surface area (Å²) < 4.78 is 50.9. The van der Waals surface area contributed by atoms with Crippen LogP contribution >= 0.6 is 0 Å². The van der Waals surface area contributed by atoms with Gasteiger partial charge >= 0.3 is 6.18 Å². The van der Waals surface area contributed by atoms with Crippen LogP contribution in [-0.2, 0) is 0 Å². The van der Waals surface area contributed by atoms with Gasteiger partial charge in [-0.25, -0.2) is 4.39 Å². The Labute approximate surface area is 168 Å². The summed E-state index contributed by atoms with van der Waals surface area (Å²) in [5.74, 6) is 2.69. The molecule has 0 atom stereocenters. The van der Waals surface area contributed by atoms with Gasteiger partial charge in [0.05, 0.1) is 6.08 Å². The zero-order chi connectivity index (χ0) is 20.1. The molecule has 0 aromatic carbocycles. The molecule has 0 aromatic heterocycles. The first-order valence-electron chi connectivity index (χ1n) is 11.8. The molecule has 0 bridgehead atoms. The number of rotatable bonds is 5. The van der Waals surface area contributed by atoms with Crippen molar-refractivity contribution in [3.8, 4) is 0 Å². The van der Waals surface area contributed by atoms with Crippen LogP contribution in [-0.4, -0.2) is 6.18 Å². The van der Waals surface area contributed by atoms with Gasteiger partial charge in [0.25, 0.3) is 0 Å². The molecule has 0 aromatic rings. The lowest BCUT2D eigenvalue weighted by Gasteiger charge is -2.41. The average Bonchev–Trinajstić information content (AvgIpc) is 2.68. The van der Waals surface area contributed by atoms with Gasteiger partial charge in [0.2, 0.25) is 0 Å². The molecule has 3 aliphatic carbocycles. The fourth-order valence-corrected chi connectivity index (χ4v) is 6.58. The number of alkyl halides is 3. The molecule has 0 aliphatic heterocycles. The van der Waals surface area contributed by atoms with Crippen LogP contribution in [0.15, 0.2) is 11.9 Å². The molecule has 0 N–H and O–H groups in total. The number of halogens is 4.